The van der Waals surface area contributed by atoms with E-state index in [9.17, 15) is 14.8 Å². The number of hydroxylamine groups is 1. The minimum Gasteiger partial charge on any atom is -0.624 e. The van der Waals surface area contributed by atoms with E-state index in [-0.39, 0.29) is 32.0 Å². The summed E-state index contributed by atoms with van der Waals surface area (Å²) in [7, 11) is 0. The number of carbonyl (C=O) groups is 2. The van der Waals surface area contributed by atoms with Crippen molar-refractivity contribution in [2.45, 2.75) is 6.42 Å². The quantitative estimate of drug-likeness (QED) is 0.354. The largest absolute Gasteiger partial charge is 0.624 e. The highest BCUT2D eigenvalue weighted by Gasteiger charge is 2.28. The lowest BCUT2D eigenvalue weighted by Crippen LogP contribution is -2.32. The van der Waals surface area contributed by atoms with Gasteiger partial charge in [-0.1, -0.05) is 6.07 Å². The van der Waals surface area contributed by atoms with E-state index < -0.39 is 6.09 Å². The first-order valence-electron chi connectivity index (χ1n) is 5.46. The van der Waals surface area contributed by atoms with Crippen molar-refractivity contribution in [2.75, 3.05) is 19.7 Å². The molecule has 0 radical (unpaired) electrons. The molecule has 1 fully saturated rings. The van der Waals surface area contributed by atoms with Gasteiger partial charge in [0.05, 0.1) is 17.8 Å². The molecule has 1 aromatic heterocycles. The number of imide groups is 1. The minimum absolute atomic E-state index is 0.000471. The van der Waals surface area contributed by atoms with Crippen LogP contribution in [0, 0.1) is 5.21 Å². The van der Waals surface area contributed by atoms with E-state index in [4.69, 9.17) is 0 Å². The zero-order chi connectivity index (χ0) is 13.0. The number of hydrogen-bond acceptors (Lipinski definition) is 5. The van der Waals surface area contributed by atoms with Gasteiger partial charge in [0.25, 0.3) is 0 Å². The number of amides is 2. The first kappa shape index (κ1) is 12.6. The summed E-state index contributed by atoms with van der Waals surface area (Å²) in [5, 5.41) is 13.4. The Bertz CT molecular complexity index is 469. The molecule has 0 N–H and O–H groups in total. The van der Waals surface area contributed by atoms with E-state index in [2.05, 4.69) is 4.74 Å². The first-order chi connectivity index (χ1) is 8.66. The Kier molecular flexibility index (Phi) is 3.93. The van der Waals surface area contributed by atoms with Crippen LogP contribution in [-0.4, -0.2) is 47.6 Å². The van der Waals surface area contributed by atoms with Crippen molar-refractivity contribution in [3.05, 3.63) is 27.6 Å². The predicted octanol–water partition coefficient (Wildman–Crippen LogP) is 1.05. The van der Waals surface area contributed by atoms with Gasteiger partial charge < -0.3 is 9.94 Å². The van der Waals surface area contributed by atoms with Crippen LogP contribution in [0.2, 0.25) is 0 Å². The van der Waals surface area contributed by atoms with Gasteiger partial charge in [-0.15, -0.1) is 11.3 Å². The molecule has 1 aliphatic rings. The minimum atomic E-state index is -0.625. The summed E-state index contributed by atoms with van der Waals surface area (Å²) in [6.45, 7) is 0.526. The molecule has 2 heterocycles. The van der Waals surface area contributed by atoms with E-state index in [1.807, 2.05) is 17.5 Å². The summed E-state index contributed by atoms with van der Waals surface area (Å²) in [6, 6.07) is 3.66. The summed E-state index contributed by atoms with van der Waals surface area (Å²) >= 11 is 1.44. The normalized spacial score (nSPS) is 15.9. The van der Waals surface area contributed by atoms with Crippen molar-refractivity contribution in [2.24, 2.45) is 0 Å². The zero-order valence-corrected chi connectivity index (χ0v) is 10.4. The standard InChI is InChI=1S/C11H12N2O4S/c14-10(13-5-6-17-11(13)15)3-4-12(16)8-9-2-1-7-18-9/h1-2,7-8H,3-6H2/b12-8-. The van der Waals surface area contributed by atoms with Crippen LogP contribution in [-0.2, 0) is 9.53 Å². The van der Waals surface area contributed by atoms with Gasteiger partial charge in [-0.05, 0) is 11.4 Å². The summed E-state index contributed by atoms with van der Waals surface area (Å²) in [5.74, 6) is -0.377. The molecule has 0 aromatic carbocycles. The van der Waals surface area contributed by atoms with Crippen molar-refractivity contribution in [1.82, 2.24) is 4.90 Å². The SMILES string of the molecule is O=C(CC/[N+]([O-])=C/c1cccs1)N1CCOC1=O. The van der Waals surface area contributed by atoms with Gasteiger partial charge >= 0.3 is 6.09 Å². The fraction of sp³-hybridized carbons (Fsp3) is 0.364. The van der Waals surface area contributed by atoms with Gasteiger partial charge in [-0.2, -0.15) is 0 Å². The summed E-state index contributed by atoms with van der Waals surface area (Å²) in [4.78, 5) is 24.6. The van der Waals surface area contributed by atoms with Crippen LogP contribution < -0.4 is 0 Å². The van der Waals surface area contributed by atoms with E-state index in [1.54, 1.807) is 0 Å². The number of nitrogens with zero attached hydrogens (tertiary/aromatic N) is 2. The number of carbonyl (C=O) groups excluding carboxylic acids is 2. The lowest BCUT2D eigenvalue weighted by molar-refractivity contribution is -0.451. The first-order valence-corrected chi connectivity index (χ1v) is 6.34. The summed E-state index contributed by atoms with van der Waals surface area (Å²) in [6.07, 6.45) is 0.806. The molecule has 2 amide bonds. The van der Waals surface area contributed by atoms with E-state index >= 15 is 0 Å². The Morgan fingerprint density at radius 2 is 2.50 bits per heavy atom. The van der Waals surface area contributed by atoms with E-state index in [0.717, 1.165) is 9.78 Å². The average molecular weight is 268 g/mol. The van der Waals surface area contributed by atoms with Crippen molar-refractivity contribution < 1.29 is 19.1 Å². The second kappa shape index (κ2) is 5.63. The Hall–Kier alpha value is -1.89. The van der Waals surface area contributed by atoms with Gasteiger partial charge in [-0.3, -0.25) is 4.79 Å². The maximum atomic E-state index is 11.6. The molecule has 0 unspecified atom stereocenters. The van der Waals surface area contributed by atoms with Gasteiger partial charge in [0.2, 0.25) is 5.91 Å². The third-order valence-corrected chi connectivity index (χ3v) is 3.23. The maximum absolute atomic E-state index is 11.6. The Balaban J connectivity index is 1.84. The Labute approximate surface area is 108 Å². The van der Waals surface area contributed by atoms with Gasteiger partial charge in [0.15, 0.2) is 12.8 Å². The molecule has 2 rings (SSSR count). The van der Waals surface area contributed by atoms with Gasteiger partial charge in [0, 0.05) is 0 Å². The lowest BCUT2D eigenvalue weighted by atomic mass is 10.3. The van der Waals surface area contributed by atoms with E-state index in [0.29, 0.717) is 4.74 Å². The zero-order valence-electron chi connectivity index (χ0n) is 9.57. The van der Waals surface area contributed by atoms with Crippen LogP contribution in [0.15, 0.2) is 17.5 Å². The third-order valence-electron chi connectivity index (χ3n) is 2.42. The van der Waals surface area contributed by atoms with Crippen LogP contribution >= 0.6 is 11.3 Å². The van der Waals surface area contributed by atoms with E-state index in [1.165, 1.54) is 17.6 Å². The molecule has 1 saturated heterocycles. The predicted molar refractivity (Wildman–Crippen MR) is 65.7 cm³/mol. The number of hydrogen-bond donors (Lipinski definition) is 0. The maximum Gasteiger partial charge on any atom is 0.416 e. The van der Waals surface area contributed by atoms with Crippen molar-refractivity contribution in [1.29, 1.82) is 0 Å². The molecule has 6 nitrogen and oxygen atoms in total. The molecule has 0 saturated carbocycles. The van der Waals surface area contributed by atoms with Crippen molar-refractivity contribution >= 4 is 29.6 Å². The molecule has 0 aliphatic carbocycles. The molecule has 1 aromatic rings. The van der Waals surface area contributed by atoms with Crippen molar-refractivity contribution in [3.63, 3.8) is 0 Å². The molecule has 96 valence electrons. The number of thiophene rings is 1. The molecule has 18 heavy (non-hydrogen) atoms. The fourth-order valence-electron chi connectivity index (χ4n) is 1.53. The van der Waals surface area contributed by atoms with Crippen LogP contribution in [0.5, 0.6) is 0 Å². The third kappa shape index (κ3) is 3.07. The molecular formula is C11H12N2O4S. The van der Waals surface area contributed by atoms with Crippen molar-refractivity contribution in [3.8, 4) is 0 Å². The Morgan fingerprint density at radius 3 is 3.11 bits per heavy atom. The van der Waals surface area contributed by atoms with Crippen LogP contribution in [0.25, 0.3) is 0 Å². The van der Waals surface area contributed by atoms with Crippen LogP contribution in [0.4, 0.5) is 4.79 Å². The number of rotatable bonds is 4. The molecular weight excluding hydrogens is 256 g/mol. The second-order valence-electron chi connectivity index (χ2n) is 3.69. The smallest absolute Gasteiger partial charge is 0.416 e. The molecule has 0 atom stereocenters. The van der Waals surface area contributed by atoms with Gasteiger partial charge in [0.1, 0.15) is 6.61 Å². The highest BCUT2D eigenvalue weighted by atomic mass is 32.1. The summed E-state index contributed by atoms with van der Waals surface area (Å²) < 4.78 is 5.35. The number of ether oxygens (including phenoxy) is 1. The fourth-order valence-corrected chi connectivity index (χ4v) is 2.18. The second-order valence-corrected chi connectivity index (χ2v) is 4.67. The average Bonchev–Trinajstić information content (AvgIpc) is 2.97. The highest BCUT2D eigenvalue weighted by molar-refractivity contribution is 7.11. The molecule has 0 bridgehead atoms. The van der Waals surface area contributed by atoms with Gasteiger partial charge in [-0.25, -0.2) is 14.4 Å². The highest BCUT2D eigenvalue weighted by Crippen LogP contribution is 2.06. The lowest BCUT2D eigenvalue weighted by Gasteiger charge is -2.10. The topological polar surface area (TPSA) is 72.7 Å². The summed E-state index contributed by atoms with van der Waals surface area (Å²) in [5.41, 5.74) is 0. The molecule has 0 spiro atoms. The molecule has 7 heteroatoms. The number of cyclic esters (lactones) is 1. The monoisotopic (exact) mass is 268 g/mol. The molecule has 1 aliphatic heterocycles. The van der Waals surface area contributed by atoms with Crippen LogP contribution in [0.1, 0.15) is 11.3 Å². The Morgan fingerprint density at radius 1 is 1.67 bits per heavy atom. The van der Waals surface area contributed by atoms with Crippen LogP contribution in [0.3, 0.4) is 0 Å².